The maximum absolute atomic E-state index is 11.6. The van der Waals surface area contributed by atoms with Crippen LogP contribution in [0.25, 0.3) is 11.4 Å². The monoisotopic (exact) mass is 308 g/mol. The Morgan fingerprint density at radius 2 is 2.22 bits per heavy atom. The standard InChI is InChI=1S/C12H13BrN4O/c1-17-8-14-16-12(17)9-4-2-3-5-10(9)15-11(18)6-7-13/h2-5,8H,6-7H2,1H3,(H,15,18). The number of halogens is 1. The summed E-state index contributed by atoms with van der Waals surface area (Å²) in [6.07, 6.45) is 2.07. The molecule has 18 heavy (non-hydrogen) atoms. The quantitative estimate of drug-likeness (QED) is 0.881. The van der Waals surface area contributed by atoms with Crippen molar-refractivity contribution in [3.63, 3.8) is 0 Å². The zero-order valence-corrected chi connectivity index (χ0v) is 11.5. The van der Waals surface area contributed by atoms with Crippen LogP contribution in [0, 0.1) is 0 Å². The van der Waals surface area contributed by atoms with E-state index in [1.165, 1.54) is 0 Å². The molecule has 0 radical (unpaired) electrons. The van der Waals surface area contributed by atoms with Crippen LogP contribution in [0.15, 0.2) is 30.6 Å². The van der Waals surface area contributed by atoms with Crippen molar-refractivity contribution >= 4 is 27.5 Å². The summed E-state index contributed by atoms with van der Waals surface area (Å²) in [6.45, 7) is 0. The molecule has 0 aliphatic heterocycles. The molecule has 1 aromatic heterocycles. The van der Waals surface area contributed by atoms with Gasteiger partial charge in [0, 0.05) is 24.4 Å². The highest BCUT2D eigenvalue weighted by atomic mass is 79.9. The highest BCUT2D eigenvalue weighted by Crippen LogP contribution is 2.25. The zero-order chi connectivity index (χ0) is 13.0. The summed E-state index contributed by atoms with van der Waals surface area (Å²) in [6, 6.07) is 7.55. The maximum atomic E-state index is 11.6. The van der Waals surface area contributed by atoms with Gasteiger partial charge in [0.2, 0.25) is 5.91 Å². The number of carbonyl (C=O) groups excluding carboxylic acids is 1. The fraction of sp³-hybridized carbons (Fsp3) is 0.250. The van der Waals surface area contributed by atoms with E-state index in [1.807, 2.05) is 35.9 Å². The lowest BCUT2D eigenvalue weighted by Crippen LogP contribution is -2.12. The van der Waals surface area contributed by atoms with Gasteiger partial charge in [-0.3, -0.25) is 4.79 Å². The van der Waals surface area contributed by atoms with Gasteiger partial charge in [-0.15, -0.1) is 10.2 Å². The van der Waals surface area contributed by atoms with Crippen molar-refractivity contribution in [2.24, 2.45) is 7.05 Å². The van der Waals surface area contributed by atoms with Crippen LogP contribution in [0.5, 0.6) is 0 Å². The second-order valence-electron chi connectivity index (χ2n) is 3.80. The normalized spacial score (nSPS) is 10.3. The summed E-state index contributed by atoms with van der Waals surface area (Å²) < 4.78 is 1.81. The molecular weight excluding hydrogens is 296 g/mol. The minimum atomic E-state index is -0.0264. The molecule has 1 aromatic carbocycles. The second-order valence-corrected chi connectivity index (χ2v) is 4.59. The maximum Gasteiger partial charge on any atom is 0.225 e. The summed E-state index contributed by atoms with van der Waals surface area (Å²) >= 11 is 3.24. The number of aryl methyl sites for hydroxylation is 1. The van der Waals surface area contributed by atoms with Crippen molar-refractivity contribution in [2.45, 2.75) is 6.42 Å². The van der Waals surface area contributed by atoms with Gasteiger partial charge in [0.05, 0.1) is 5.69 Å². The lowest BCUT2D eigenvalue weighted by atomic mass is 10.1. The largest absolute Gasteiger partial charge is 0.325 e. The lowest BCUT2D eigenvalue weighted by molar-refractivity contribution is -0.115. The van der Waals surface area contributed by atoms with Gasteiger partial charge in [0.25, 0.3) is 0 Å². The highest BCUT2D eigenvalue weighted by molar-refractivity contribution is 9.09. The van der Waals surface area contributed by atoms with E-state index in [0.29, 0.717) is 11.8 Å². The van der Waals surface area contributed by atoms with Crippen molar-refractivity contribution in [2.75, 3.05) is 10.6 Å². The molecule has 0 unspecified atom stereocenters. The number of nitrogens with one attached hydrogen (secondary N) is 1. The van der Waals surface area contributed by atoms with Gasteiger partial charge in [-0.2, -0.15) is 0 Å². The number of alkyl halides is 1. The summed E-state index contributed by atoms with van der Waals surface area (Å²) in [5.74, 6) is 0.700. The Labute approximate surface area is 113 Å². The first-order chi connectivity index (χ1) is 8.72. The molecule has 0 saturated heterocycles. The van der Waals surface area contributed by atoms with E-state index < -0.39 is 0 Å². The number of hydrogen-bond donors (Lipinski definition) is 1. The zero-order valence-electron chi connectivity index (χ0n) is 9.93. The number of para-hydroxylation sites is 1. The molecule has 5 nitrogen and oxygen atoms in total. The van der Waals surface area contributed by atoms with E-state index in [9.17, 15) is 4.79 Å². The third-order valence-corrected chi connectivity index (χ3v) is 2.87. The van der Waals surface area contributed by atoms with Crippen LogP contribution < -0.4 is 5.32 Å². The van der Waals surface area contributed by atoms with Gasteiger partial charge in [-0.25, -0.2) is 0 Å². The number of benzene rings is 1. The number of rotatable bonds is 4. The molecule has 0 atom stereocenters. The summed E-state index contributed by atoms with van der Waals surface area (Å²) in [5, 5.41) is 11.4. The molecule has 1 amide bonds. The van der Waals surface area contributed by atoms with Crippen LogP contribution in [-0.2, 0) is 11.8 Å². The van der Waals surface area contributed by atoms with Crippen LogP contribution in [0.1, 0.15) is 6.42 Å². The molecule has 94 valence electrons. The third-order valence-electron chi connectivity index (χ3n) is 2.47. The second kappa shape index (κ2) is 5.77. The van der Waals surface area contributed by atoms with Crippen molar-refractivity contribution in [3.05, 3.63) is 30.6 Å². The molecule has 2 rings (SSSR count). The molecule has 0 spiro atoms. The van der Waals surface area contributed by atoms with Gasteiger partial charge in [0.1, 0.15) is 6.33 Å². The third kappa shape index (κ3) is 2.76. The Morgan fingerprint density at radius 3 is 2.89 bits per heavy atom. The van der Waals surface area contributed by atoms with Crippen LogP contribution in [0.3, 0.4) is 0 Å². The first-order valence-electron chi connectivity index (χ1n) is 5.51. The van der Waals surface area contributed by atoms with Gasteiger partial charge in [-0.1, -0.05) is 28.1 Å². The number of amides is 1. The average Bonchev–Trinajstić information content (AvgIpc) is 2.76. The topological polar surface area (TPSA) is 59.8 Å². The Hall–Kier alpha value is -1.69. The van der Waals surface area contributed by atoms with Gasteiger partial charge >= 0.3 is 0 Å². The smallest absolute Gasteiger partial charge is 0.225 e. The molecule has 0 saturated carbocycles. The molecule has 0 fully saturated rings. The number of anilines is 1. The van der Waals surface area contributed by atoms with Crippen LogP contribution >= 0.6 is 15.9 Å². The van der Waals surface area contributed by atoms with Gasteiger partial charge in [0.15, 0.2) is 5.82 Å². The summed E-state index contributed by atoms with van der Waals surface area (Å²) in [4.78, 5) is 11.6. The van der Waals surface area contributed by atoms with Crippen LogP contribution in [0.2, 0.25) is 0 Å². The Kier molecular flexibility index (Phi) is 4.09. The molecule has 1 N–H and O–H groups in total. The molecule has 1 heterocycles. The van der Waals surface area contributed by atoms with Crippen molar-refractivity contribution in [3.8, 4) is 11.4 Å². The lowest BCUT2D eigenvalue weighted by Gasteiger charge is -2.09. The SMILES string of the molecule is Cn1cnnc1-c1ccccc1NC(=O)CCBr. The Balaban J connectivity index is 2.32. The molecule has 0 aliphatic carbocycles. The number of nitrogens with zero attached hydrogens (tertiary/aromatic N) is 3. The average molecular weight is 309 g/mol. The van der Waals surface area contributed by atoms with Crippen molar-refractivity contribution < 1.29 is 4.79 Å². The van der Waals surface area contributed by atoms with E-state index in [-0.39, 0.29) is 5.91 Å². The van der Waals surface area contributed by atoms with Crippen LogP contribution in [-0.4, -0.2) is 26.0 Å². The number of aromatic nitrogens is 3. The van der Waals surface area contributed by atoms with Gasteiger partial charge in [-0.05, 0) is 12.1 Å². The van der Waals surface area contributed by atoms with Crippen molar-refractivity contribution in [1.82, 2.24) is 14.8 Å². The highest BCUT2D eigenvalue weighted by Gasteiger charge is 2.11. The molecular formula is C12H13BrN4O. The molecule has 2 aromatic rings. The minimum Gasteiger partial charge on any atom is -0.325 e. The van der Waals surface area contributed by atoms with E-state index in [0.717, 1.165) is 17.1 Å². The minimum absolute atomic E-state index is 0.0264. The Morgan fingerprint density at radius 1 is 1.44 bits per heavy atom. The fourth-order valence-electron chi connectivity index (χ4n) is 1.61. The molecule has 0 bridgehead atoms. The number of hydrogen-bond acceptors (Lipinski definition) is 3. The molecule has 0 aliphatic rings. The Bertz CT molecular complexity index is 553. The van der Waals surface area contributed by atoms with E-state index in [4.69, 9.17) is 0 Å². The predicted octanol–water partition coefficient (Wildman–Crippen LogP) is 2.21. The van der Waals surface area contributed by atoms with Gasteiger partial charge < -0.3 is 9.88 Å². The van der Waals surface area contributed by atoms with Crippen molar-refractivity contribution in [1.29, 1.82) is 0 Å². The van der Waals surface area contributed by atoms with E-state index >= 15 is 0 Å². The fourth-order valence-corrected chi connectivity index (χ4v) is 1.97. The predicted molar refractivity (Wildman–Crippen MR) is 73.5 cm³/mol. The number of carbonyl (C=O) groups is 1. The van der Waals surface area contributed by atoms with Crippen LogP contribution in [0.4, 0.5) is 5.69 Å². The van der Waals surface area contributed by atoms with E-state index in [2.05, 4.69) is 31.4 Å². The van der Waals surface area contributed by atoms with E-state index in [1.54, 1.807) is 6.33 Å². The first-order valence-corrected chi connectivity index (χ1v) is 6.63. The summed E-state index contributed by atoms with van der Waals surface area (Å²) in [7, 11) is 1.87. The first kappa shape index (κ1) is 12.8. The molecule has 6 heteroatoms. The summed E-state index contributed by atoms with van der Waals surface area (Å²) in [5.41, 5.74) is 1.61.